The molecule has 31 heavy (non-hydrogen) atoms. The fraction of sp³-hybridized carbons (Fsp3) is 0.375. The van der Waals surface area contributed by atoms with Crippen molar-refractivity contribution in [3.63, 3.8) is 0 Å². The molecule has 7 heteroatoms. The van der Waals surface area contributed by atoms with Gasteiger partial charge in [-0.15, -0.1) is 0 Å². The minimum absolute atomic E-state index is 0.0464. The van der Waals surface area contributed by atoms with Crippen molar-refractivity contribution in [2.75, 3.05) is 7.11 Å². The number of methoxy groups -OCH3 is 1. The first kappa shape index (κ1) is 20.9. The molecular formula is C24H26N2O5. The van der Waals surface area contributed by atoms with Gasteiger partial charge in [0.15, 0.2) is 0 Å². The number of hydrogen-bond donors (Lipinski definition) is 0. The molecule has 0 saturated heterocycles. The second-order valence-electron chi connectivity index (χ2n) is 8.95. The molecule has 0 spiro atoms. The summed E-state index contributed by atoms with van der Waals surface area (Å²) in [5.74, 6) is -0.309. The molecule has 0 bridgehead atoms. The summed E-state index contributed by atoms with van der Waals surface area (Å²) >= 11 is 0. The first-order valence-electron chi connectivity index (χ1n) is 10.3. The predicted octanol–water partition coefficient (Wildman–Crippen LogP) is 4.52. The second-order valence-corrected chi connectivity index (χ2v) is 8.95. The highest BCUT2D eigenvalue weighted by molar-refractivity contribution is 5.91. The van der Waals surface area contributed by atoms with Crippen molar-refractivity contribution in [2.45, 2.75) is 52.1 Å². The predicted molar refractivity (Wildman–Crippen MR) is 117 cm³/mol. The van der Waals surface area contributed by atoms with Crippen molar-refractivity contribution in [1.82, 2.24) is 8.97 Å². The zero-order valence-electron chi connectivity index (χ0n) is 18.4. The number of aromatic nitrogens is 2. The average Bonchev–Trinajstić information content (AvgIpc) is 3.43. The second kappa shape index (κ2) is 7.41. The summed E-state index contributed by atoms with van der Waals surface area (Å²) in [4.78, 5) is 37.5. The molecule has 4 rings (SSSR count). The Hall–Kier alpha value is -3.35. The van der Waals surface area contributed by atoms with Crippen molar-refractivity contribution in [3.8, 4) is 11.1 Å². The zero-order valence-corrected chi connectivity index (χ0v) is 18.4. The lowest BCUT2D eigenvalue weighted by Gasteiger charge is -2.19. The number of pyridine rings is 2. The van der Waals surface area contributed by atoms with E-state index < -0.39 is 23.2 Å². The zero-order chi connectivity index (χ0) is 22.5. The lowest BCUT2D eigenvalue weighted by Crippen LogP contribution is -2.26. The molecule has 3 heterocycles. The third-order valence-corrected chi connectivity index (χ3v) is 5.44. The van der Waals surface area contributed by atoms with Crippen molar-refractivity contribution in [2.24, 2.45) is 0 Å². The van der Waals surface area contributed by atoms with Gasteiger partial charge in [-0.1, -0.05) is 0 Å². The van der Waals surface area contributed by atoms with Crippen molar-refractivity contribution in [3.05, 3.63) is 63.8 Å². The molecule has 1 fully saturated rings. The molecule has 0 aromatic carbocycles. The molecule has 1 aliphatic rings. The number of hydrogen-bond acceptors (Lipinski definition) is 5. The Morgan fingerprint density at radius 3 is 2.45 bits per heavy atom. The quantitative estimate of drug-likeness (QED) is 0.580. The van der Waals surface area contributed by atoms with Gasteiger partial charge < -0.3 is 9.47 Å². The molecule has 0 N–H and O–H groups in total. The highest BCUT2D eigenvalue weighted by Crippen LogP contribution is 2.43. The molecule has 0 radical (unpaired) electrons. The summed E-state index contributed by atoms with van der Waals surface area (Å²) in [5, 5.41) is 0. The van der Waals surface area contributed by atoms with Crippen LogP contribution in [0.1, 0.15) is 61.0 Å². The SMILES string of the molecule is COC(=O)c1cc(C2CC2)c2c(C)c(-c3ccn(C(=O)OC(C)(C)C)c3)ccn2c1=O. The van der Waals surface area contributed by atoms with Crippen LogP contribution >= 0.6 is 0 Å². The lowest BCUT2D eigenvalue weighted by atomic mass is 9.98. The van der Waals surface area contributed by atoms with Crippen LogP contribution in [-0.2, 0) is 9.47 Å². The van der Waals surface area contributed by atoms with Crippen molar-refractivity contribution < 1.29 is 19.1 Å². The molecule has 0 unspecified atom stereocenters. The molecular weight excluding hydrogens is 396 g/mol. The number of carbonyl (C=O) groups excluding carboxylic acids is 2. The van der Waals surface area contributed by atoms with E-state index in [1.807, 2.05) is 39.8 Å². The standard InChI is InChI=1S/C24H26N2O5/c1-14-17(16-8-10-25(13-16)23(29)31-24(2,3)4)9-11-26-20(14)18(15-6-7-15)12-19(21(26)27)22(28)30-5/h8-13,15H,6-7H2,1-5H3. The summed E-state index contributed by atoms with van der Waals surface area (Å²) in [7, 11) is 1.27. The monoisotopic (exact) mass is 422 g/mol. The summed E-state index contributed by atoms with van der Waals surface area (Å²) < 4.78 is 13.2. The molecule has 0 atom stereocenters. The summed E-state index contributed by atoms with van der Waals surface area (Å²) in [5.41, 5.74) is 3.52. The summed E-state index contributed by atoms with van der Waals surface area (Å²) in [6, 6.07) is 5.36. The van der Waals surface area contributed by atoms with Gasteiger partial charge in [0, 0.05) is 24.2 Å². The highest BCUT2D eigenvalue weighted by Gasteiger charge is 2.29. The minimum Gasteiger partial charge on any atom is -0.465 e. The van der Waals surface area contributed by atoms with Gasteiger partial charge in [-0.3, -0.25) is 13.8 Å². The number of ether oxygens (including phenoxy) is 2. The maximum absolute atomic E-state index is 12.9. The summed E-state index contributed by atoms with van der Waals surface area (Å²) in [6.07, 6.45) is 6.67. The first-order chi connectivity index (χ1) is 14.6. The van der Waals surface area contributed by atoms with E-state index in [4.69, 9.17) is 9.47 Å². The van der Waals surface area contributed by atoms with E-state index >= 15 is 0 Å². The van der Waals surface area contributed by atoms with E-state index in [0.717, 1.165) is 40.6 Å². The normalized spacial score (nSPS) is 14.0. The molecule has 7 nitrogen and oxygen atoms in total. The van der Waals surface area contributed by atoms with Crippen LogP contribution in [0.25, 0.3) is 16.6 Å². The Balaban J connectivity index is 1.84. The third-order valence-electron chi connectivity index (χ3n) is 5.44. The van der Waals surface area contributed by atoms with Crippen molar-refractivity contribution >= 4 is 17.6 Å². The molecule has 0 aliphatic heterocycles. The Bertz CT molecular complexity index is 1260. The Labute approximate surface area is 180 Å². The molecule has 3 aromatic heterocycles. The van der Waals surface area contributed by atoms with Gasteiger partial charge in [0.1, 0.15) is 11.2 Å². The van der Waals surface area contributed by atoms with Gasteiger partial charge in [-0.2, -0.15) is 0 Å². The number of nitrogens with zero attached hydrogens (tertiary/aromatic N) is 2. The van der Waals surface area contributed by atoms with E-state index in [-0.39, 0.29) is 5.56 Å². The van der Waals surface area contributed by atoms with E-state index in [0.29, 0.717) is 5.92 Å². The Morgan fingerprint density at radius 1 is 1.13 bits per heavy atom. The number of rotatable bonds is 3. The maximum atomic E-state index is 12.9. The topological polar surface area (TPSA) is 79.0 Å². The minimum atomic E-state index is -0.627. The van der Waals surface area contributed by atoms with Gasteiger partial charge in [-0.05, 0) is 81.3 Å². The van der Waals surface area contributed by atoms with E-state index in [1.54, 1.807) is 24.7 Å². The number of fused-ring (bicyclic) bond motifs is 1. The van der Waals surface area contributed by atoms with Gasteiger partial charge in [0.25, 0.3) is 5.56 Å². The van der Waals surface area contributed by atoms with Gasteiger partial charge in [-0.25, -0.2) is 9.59 Å². The number of carbonyl (C=O) groups is 2. The highest BCUT2D eigenvalue weighted by atomic mass is 16.6. The van der Waals surface area contributed by atoms with Crippen LogP contribution in [0.15, 0.2) is 41.6 Å². The fourth-order valence-corrected chi connectivity index (χ4v) is 3.86. The van der Waals surface area contributed by atoms with Crippen molar-refractivity contribution in [1.29, 1.82) is 0 Å². The largest absolute Gasteiger partial charge is 0.465 e. The van der Waals surface area contributed by atoms with Crippen LogP contribution in [0.5, 0.6) is 0 Å². The fourth-order valence-electron chi connectivity index (χ4n) is 3.86. The van der Waals surface area contributed by atoms with Crippen LogP contribution in [0.4, 0.5) is 4.79 Å². The third kappa shape index (κ3) is 3.87. The number of aryl methyl sites for hydroxylation is 1. The van der Waals surface area contributed by atoms with Crippen LogP contribution in [0.3, 0.4) is 0 Å². The van der Waals surface area contributed by atoms with Crippen LogP contribution in [-0.4, -0.2) is 33.7 Å². The van der Waals surface area contributed by atoms with Crippen LogP contribution in [0.2, 0.25) is 0 Å². The molecule has 1 saturated carbocycles. The van der Waals surface area contributed by atoms with Crippen LogP contribution < -0.4 is 5.56 Å². The average molecular weight is 422 g/mol. The maximum Gasteiger partial charge on any atom is 0.418 e. The van der Waals surface area contributed by atoms with Gasteiger partial charge >= 0.3 is 12.1 Å². The van der Waals surface area contributed by atoms with Gasteiger partial charge in [0.05, 0.1) is 12.6 Å². The van der Waals surface area contributed by atoms with E-state index in [9.17, 15) is 14.4 Å². The molecule has 1 aliphatic carbocycles. The molecule has 162 valence electrons. The number of esters is 1. The van der Waals surface area contributed by atoms with Crippen LogP contribution in [0, 0.1) is 6.92 Å². The molecule has 3 aromatic rings. The Morgan fingerprint density at radius 2 is 1.84 bits per heavy atom. The summed E-state index contributed by atoms with van der Waals surface area (Å²) in [6.45, 7) is 7.42. The smallest absolute Gasteiger partial charge is 0.418 e. The first-order valence-corrected chi connectivity index (χ1v) is 10.3. The van der Waals surface area contributed by atoms with E-state index in [2.05, 4.69) is 0 Å². The molecule has 0 amide bonds. The van der Waals surface area contributed by atoms with Gasteiger partial charge in [0.2, 0.25) is 0 Å². The van der Waals surface area contributed by atoms with E-state index in [1.165, 1.54) is 16.1 Å². The lowest BCUT2D eigenvalue weighted by molar-refractivity contribution is 0.0536. The Kier molecular flexibility index (Phi) is 5.00.